The smallest absolute Gasteiger partial charge is 0.147 e. The Labute approximate surface area is 93.0 Å². The monoisotopic (exact) mass is 273 g/mol. The Morgan fingerprint density at radius 1 is 1.13 bits per heavy atom. The van der Waals surface area contributed by atoms with Crippen LogP contribution in [0.2, 0.25) is 0 Å². The van der Waals surface area contributed by atoms with E-state index in [1.54, 1.807) is 6.07 Å². The maximum absolute atomic E-state index is 12.9. The van der Waals surface area contributed by atoms with Crippen LogP contribution in [0.15, 0.2) is 28.8 Å². The Morgan fingerprint density at radius 2 is 1.80 bits per heavy atom. The zero-order valence-electron chi connectivity index (χ0n) is 7.51. The number of hydrogen-bond donors (Lipinski definition) is 0. The normalized spacial score (nSPS) is 10.6. The molecule has 0 saturated carbocycles. The van der Waals surface area contributed by atoms with Gasteiger partial charge in [-0.2, -0.15) is 0 Å². The van der Waals surface area contributed by atoms with Crippen LogP contribution in [0.4, 0.5) is 8.78 Å². The molecule has 0 spiro atoms. The second-order valence-electron chi connectivity index (χ2n) is 2.97. The average Bonchev–Trinajstić information content (AvgIpc) is 2.64. The number of rotatable bonds is 2. The van der Waals surface area contributed by atoms with Crippen molar-refractivity contribution in [1.29, 1.82) is 0 Å². The van der Waals surface area contributed by atoms with E-state index in [1.165, 1.54) is 12.1 Å². The standard InChI is InChI=1S/C10H6BrF2NO/c11-5-9-4-10(14-15-9)6-1-7(12)3-8(13)2-6/h1-4H,5H2. The largest absolute Gasteiger partial charge is 0.360 e. The molecule has 1 aromatic heterocycles. The van der Waals surface area contributed by atoms with E-state index in [9.17, 15) is 8.78 Å². The molecule has 0 bridgehead atoms. The van der Waals surface area contributed by atoms with Crippen LogP contribution in [0, 0.1) is 11.6 Å². The molecule has 1 heterocycles. The molecule has 2 nitrogen and oxygen atoms in total. The van der Waals surface area contributed by atoms with Gasteiger partial charge < -0.3 is 4.52 Å². The van der Waals surface area contributed by atoms with E-state index in [4.69, 9.17) is 4.52 Å². The summed E-state index contributed by atoms with van der Waals surface area (Å²) in [5, 5.41) is 4.21. The molecule has 0 unspecified atom stereocenters. The highest BCUT2D eigenvalue weighted by Crippen LogP contribution is 2.22. The molecule has 15 heavy (non-hydrogen) atoms. The average molecular weight is 274 g/mol. The van der Waals surface area contributed by atoms with Crippen molar-refractivity contribution in [3.8, 4) is 11.3 Å². The van der Waals surface area contributed by atoms with Crippen molar-refractivity contribution in [2.45, 2.75) is 5.33 Å². The molecule has 0 fully saturated rings. The van der Waals surface area contributed by atoms with E-state index in [-0.39, 0.29) is 0 Å². The van der Waals surface area contributed by atoms with Crippen LogP contribution < -0.4 is 0 Å². The van der Waals surface area contributed by atoms with Gasteiger partial charge in [-0.25, -0.2) is 8.78 Å². The minimum absolute atomic E-state index is 0.364. The minimum Gasteiger partial charge on any atom is -0.360 e. The SMILES string of the molecule is Fc1cc(F)cc(-c2cc(CBr)on2)c1. The van der Waals surface area contributed by atoms with Gasteiger partial charge in [0.25, 0.3) is 0 Å². The number of aromatic nitrogens is 1. The summed E-state index contributed by atoms with van der Waals surface area (Å²) in [4.78, 5) is 0. The summed E-state index contributed by atoms with van der Waals surface area (Å²) in [6, 6.07) is 4.86. The van der Waals surface area contributed by atoms with Crippen LogP contribution in [0.3, 0.4) is 0 Å². The Kier molecular flexibility index (Phi) is 2.81. The highest BCUT2D eigenvalue weighted by Gasteiger charge is 2.08. The summed E-state index contributed by atoms with van der Waals surface area (Å²) < 4.78 is 30.7. The van der Waals surface area contributed by atoms with Crippen LogP contribution in [0.5, 0.6) is 0 Å². The van der Waals surface area contributed by atoms with E-state index < -0.39 is 11.6 Å². The zero-order valence-corrected chi connectivity index (χ0v) is 9.09. The highest BCUT2D eigenvalue weighted by atomic mass is 79.9. The van der Waals surface area contributed by atoms with Gasteiger partial charge in [-0.15, -0.1) is 0 Å². The Bertz CT molecular complexity index is 464. The first-order valence-corrected chi connectivity index (χ1v) is 5.29. The lowest BCUT2D eigenvalue weighted by Crippen LogP contribution is -1.83. The van der Waals surface area contributed by atoms with E-state index >= 15 is 0 Å². The first-order valence-electron chi connectivity index (χ1n) is 4.17. The van der Waals surface area contributed by atoms with Gasteiger partial charge in [0.05, 0.1) is 5.33 Å². The lowest BCUT2D eigenvalue weighted by molar-refractivity contribution is 0.398. The minimum atomic E-state index is -0.631. The lowest BCUT2D eigenvalue weighted by atomic mass is 10.1. The van der Waals surface area contributed by atoms with Crippen molar-refractivity contribution in [3.05, 3.63) is 41.7 Å². The molecule has 2 rings (SSSR count). The van der Waals surface area contributed by atoms with E-state index in [2.05, 4.69) is 21.1 Å². The maximum Gasteiger partial charge on any atom is 0.147 e. The van der Waals surface area contributed by atoms with Gasteiger partial charge in [0, 0.05) is 17.7 Å². The predicted octanol–water partition coefficient (Wildman–Crippen LogP) is 3.51. The van der Waals surface area contributed by atoms with E-state index in [1.807, 2.05) is 0 Å². The molecule has 0 aliphatic carbocycles. The number of hydrogen-bond acceptors (Lipinski definition) is 2. The molecule has 1 aromatic carbocycles. The van der Waals surface area contributed by atoms with Crippen molar-refractivity contribution in [3.63, 3.8) is 0 Å². The highest BCUT2D eigenvalue weighted by molar-refractivity contribution is 9.08. The third-order valence-electron chi connectivity index (χ3n) is 1.85. The fraction of sp³-hybridized carbons (Fsp3) is 0.100. The summed E-state index contributed by atoms with van der Waals surface area (Å²) >= 11 is 3.19. The molecule has 78 valence electrons. The van der Waals surface area contributed by atoms with Gasteiger partial charge in [-0.3, -0.25) is 0 Å². The van der Waals surface area contributed by atoms with Crippen LogP contribution in [0.1, 0.15) is 5.76 Å². The van der Waals surface area contributed by atoms with Crippen LogP contribution >= 0.6 is 15.9 Å². The van der Waals surface area contributed by atoms with Crippen molar-refractivity contribution in [2.24, 2.45) is 0 Å². The number of alkyl halides is 1. The number of halogens is 3. The van der Waals surface area contributed by atoms with Crippen LogP contribution in [0.25, 0.3) is 11.3 Å². The number of benzene rings is 1. The topological polar surface area (TPSA) is 26.0 Å². The van der Waals surface area contributed by atoms with Gasteiger partial charge in [0.2, 0.25) is 0 Å². The van der Waals surface area contributed by atoms with Crippen molar-refractivity contribution >= 4 is 15.9 Å². The first-order chi connectivity index (χ1) is 7.19. The summed E-state index contributed by atoms with van der Waals surface area (Å²) in [6.45, 7) is 0. The molecular formula is C10H6BrF2NO. The second kappa shape index (κ2) is 4.10. The first kappa shape index (κ1) is 10.3. The zero-order chi connectivity index (χ0) is 10.8. The Balaban J connectivity index is 2.44. The third kappa shape index (κ3) is 2.23. The molecule has 0 aliphatic heterocycles. The van der Waals surface area contributed by atoms with Gasteiger partial charge in [-0.05, 0) is 12.1 Å². The van der Waals surface area contributed by atoms with Gasteiger partial charge in [0.1, 0.15) is 23.1 Å². The lowest BCUT2D eigenvalue weighted by Gasteiger charge is -1.96. The molecule has 5 heteroatoms. The molecule has 0 saturated heterocycles. The molecule has 0 aliphatic rings. The van der Waals surface area contributed by atoms with Crippen molar-refractivity contribution < 1.29 is 13.3 Å². The van der Waals surface area contributed by atoms with Crippen molar-refractivity contribution in [2.75, 3.05) is 0 Å². The quantitative estimate of drug-likeness (QED) is 0.783. The van der Waals surface area contributed by atoms with Crippen LogP contribution in [-0.2, 0) is 5.33 Å². The van der Waals surface area contributed by atoms with Gasteiger partial charge in [-0.1, -0.05) is 21.1 Å². The summed E-state index contributed by atoms with van der Waals surface area (Å²) in [7, 11) is 0. The predicted molar refractivity (Wildman–Crippen MR) is 54.5 cm³/mol. The van der Waals surface area contributed by atoms with Crippen molar-refractivity contribution in [1.82, 2.24) is 5.16 Å². The Hall–Kier alpha value is -1.23. The third-order valence-corrected chi connectivity index (χ3v) is 2.40. The molecular weight excluding hydrogens is 268 g/mol. The second-order valence-corrected chi connectivity index (χ2v) is 3.53. The molecule has 0 amide bonds. The van der Waals surface area contributed by atoms with E-state index in [0.717, 1.165) is 6.07 Å². The van der Waals surface area contributed by atoms with Crippen LogP contribution in [-0.4, -0.2) is 5.16 Å². The fourth-order valence-electron chi connectivity index (χ4n) is 1.21. The summed E-state index contributed by atoms with van der Waals surface area (Å²) in [5.74, 6) is -0.656. The fourth-order valence-corrected chi connectivity index (χ4v) is 1.48. The summed E-state index contributed by atoms with van der Waals surface area (Å²) in [5.41, 5.74) is 0.784. The molecule has 0 radical (unpaired) electrons. The van der Waals surface area contributed by atoms with Gasteiger partial charge in [0.15, 0.2) is 0 Å². The molecule has 0 atom stereocenters. The molecule has 2 aromatic rings. The van der Waals surface area contributed by atoms with E-state index in [0.29, 0.717) is 22.3 Å². The number of nitrogens with zero attached hydrogens (tertiary/aromatic N) is 1. The maximum atomic E-state index is 12.9. The summed E-state index contributed by atoms with van der Waals surface area (Å²) in [6.07, 6.45) is 0. The van der Waals surface area contributed by atoms with Gasteiger partial charge >= 0.3 is 0 Å². The Morgan fingerprint density at radius 3 is 2.33 bits per heavy atom. The molecule has 0 N–H and O–H groups in total.